The van der Waals surface area contributed by atoms with E-state index in [9.17, 15) is 0 Å². The number of rotatable bonds is 0. The molecule has 11 heavy (non-hydrogen) atoms. The van der Waals surface area contributed by atoms with Crippen molar-refractivity contribution in [3.8, 4) is 0 Å². The molecule has 1 aliphatic rings. The van der Waals surface area contributed by atoms with Crippen LogP contribution in [0.2, 0.25) is 0 Å². The fraction of sp³-hybridized carbons (Fsp3) is 1.00. The molecule has 0 heterocycles. The Morgan fingerprint density at radius 1 is 0.636 bits per heavy atom. The third-order valence-electron chi connectivity index (χ3n) is 3.94. The molecule has 0 aromatic heterocycles. The average molecular weight is 154 g/mol. The minimum Gasteiger partial charge on any atom is -0.0594 e. The summed E-state index contributed by atoms with van der Waals surface area (Å²) >= 11 is 0. The second-order valence-corrected chi connectivity index (χ2v) is 5.33. The number of hydrogen-bond donors (Lipinski definition) is 0. The molecule has 1 rings (SSSR count). The Bertz CT molecular complexity index is 115. The Balaban J connectivity index is 2.72. The highest BCUT2D eigenvalue weighted by Crippen LogP contribution is 2.48. The smallest absolute Gasteiger partial charge is 0.0303 e. The van der Waals surface area contributed by atoms with E-state index in [2.05, 4.69) is 27.7 Å². The maximum absolute atomic E-state index is 2.43. The van der Waals surface area contributed by atoms with Crippen LogP contribution in [0.1, 0.15) is 59.8 Å². The van der Waals surface area contributed by atoms with Crippen molar-refractivity contribution in [2.75, 3.05) is 0 Å². The lowest BCUT2D eigenvalue weighted by Crippen LogP contribution is -2.30. The van der Waals surface area contributed by atoms with Crippen LogP contribution in [0.3, 0.4) is 0 Å². The second kappa shape index (κ2) is 2.80. The van der Waals surface area contributed by atoms with Gasteiger partial charge in [0, 0.05) is 0 Å². The van der Waals surface area contributed by atoms with E-state index < -0.39 is 0 Å². The summed E-state index contributed by atoms with van der Waals surface area (Å²) in [5.41, 5.74) is 1.12. The van der Waals surface area contributed by atoms with Crippen LogP contribution in [0, 0.1) is 10.8 Å². The molecule has 1 fully saturated rings. The first-order valence-electron chi connectivity index (χ1n) is 4.96. The van der Waals surface area contributed by atoms with Gasteiger partial charge in [-0.05, 0) is 23.7 Å². The Hall–Kier alpha value is 0. The van der Waals surface area contributed by atoms with Crippen molar-refractivity contribution in [3.63, 3.8) is 0 Å². The molecule has 0 radical (unpaired) electrons. The Labute approximate surface area is 71.4 Å². The number of hydrogen-bond acceptors (Lipinski definition) is 0. The van der Waals surface area contributed by atoms with Crippen LogP contribution in [0.5, 0.6) is 0 Å². The Morgan fingerprint density at radius 3 is 1.36 bits per heavy atom. The molecule has 0 spiro atoms. The summed E-state index contributed by atoms with van der Waals surface area (Å²) in [6.45, 7) is 9.72. The van der Waals surface area contributed by atoms with E-state index in [1.54, 1.807) is 0 Å². The van der Waals surface area contributed by atoms with Gasteiger partial charge in [0.25, 0.3) is 0 Å². The summed E-state index contributed by atoms with van der Waals surface area (Å²) in [6, 6.07) is 0. The van der Waals surface area contributed by atoms with Crippen molar-refractivity contribution in [3.05, 3.63) is 0 Å². The molecule has 0 aromatic carbocycles. The molecule has 0 saturated heterocycles. The SMILES string of the molecule is CC1(C)CCCCCC1(C)C. The Kier molecular flexibility index (Phi) is 2.32. The van der Waals surface area contributed by atoms with Crippen molar-refractivity contribution in [2.24, 2.45) is 10.8 Å². The normalized spacial score (nSPS) is 29.5. The minimum atomic E-state index is 0.559. The molecular weight excluding hydrogens is 132 g/mol. The summed E-state index contributed by atoms with van der Waals surface area (Å²) in [5, 5.41) is 0. The molecular formula is C11H22. The lowest BCUT2D eigenvalue weighted by molar-refractivity contribution is 0.0998. The van der Waals surface area contributed by atoms with E-state index in [4.69, 9.17) is 0 Å². The fourth-order valence-corrected chi connectivity index (χ4v) is 1.99. The van der Waals surface area contributed by atoms with Crippen molar-refractivity contribution < 1.29 is 0 Å². The van der Waals surface area contributed by atoms with Gasteiger partial charge in [-0.25, -0.2) is 0 Å². The van der Waals surface area contributed by atoms with Gasteiger partial charge in [-0.3, -0.25) is 0 Å². The van der Waals surface area contributed by atoms with Gasteiger partial charge in [-0.1, -0.05) is 47.0 Å². The zero-order chi connectivity index (χ0) is 8.54. The monoisotopic (exact) mass is 154 g/mol. The molecule has 0 nitrogen and oxygen atoms in total. The predicted octanol–water partition coefficient (Wildman–Crippen LogP) is 4.00. The van der Waals surface area contributed by atoms with Gasteiger partial charge in [0.2, 0.25) is 0 Å². The molecule has 0 atom stereocenters. The first-order valence-corrected chi connectivity index (χ1v) is 4.96. The van der Waals surface area contributed by atoms with Gasteiger partial charge < -0.3 is 0 Å². The van der Waals surface area contributed by atoms with Gasteiger partial charge in [0.15, 0.2) is 0 Å². The third-order valence-corrected chi connectivity index (χ3v) is 3.94. The standard InChI is InChI=1S/C11H22/c1-10(2)8-6-5-7-9-11(10,3)4/h5-9H2,1-4H3. The fourth-order valence-electron chi connectivity index (χ4n) is 1.99. The first kappa shape index (κ1) is 9.09. The van der Waals surface area contributed by atoms with E-state index in [-0.39, 0.29) is 0 Å². The van der Waals surface area contributed by atoms with Crippen LogP contribution in [-0.4, -0.2) is 0 Å². The largest absolute Gasteiger partial charge is 0.0594 e. The van der Waals surface area contributed by atoms with E-state index >= 15 is 0 Å². The van der Waals surface area contributed by atoms with Crippen LogP contribution >= 0.6 is 0 Å². The van der Waals surface area contributed by atoms with Gasteiger partial charge in [-0.2, -0.15) is 0 Å². The molecule has 0 aromatic rings. The van der Waals surface area contributed by atoms with Crippen LogP contribution < -0.4 is 0 Å². The maximum atomic E-state index is 2.43. The van der Waals surface area contributed by atoms with Crippen LogP contribution in [0.15, 0.2) is 0 Å². The summed E-state index contributed by atoms with van der Waals surface area (Å²) in [6.07, 6.45) is 7.17. The van der Waals surface area contributed by atoms with E-state index in [1.807, 2.05) is 0 Å². The summed E-state index contributed by atoms with van der Waals surface area (Å²) in [7, 11) is 0. The van der Waals surface area contributed by atoms with E-state index in [0.29, 0.717) is 10.8 Å². The van der Waals surface area contributed by atoms with Crippen molar-refractivity contribution in [1.82, 2.24) is 0 Å². The average Bonchev–Trinajstić information content (AvgIpc) is 1.94. The second-order valence-electron chi connectivity index (χ2n) is 5.33. The highest BCUT2D eigenvalue weighted by molar-refractivity contribution is 4.87. The topological polar surface area (TPSA) is 0 Å². The van der Waals surface area contributed by atoms with Crippen LogP contribution in [0.4, 0.5) is 0 Å². The van der Waals surface area contributed by atoms with Crippen molar-refractivity contribution >= 4 is 0 Å². The highest BCUT2D eigenvalue weighted by atomic mass is 14.4. The molecule has 1 saturated carbocycles. The van der Waals surface area contributed by atoms with Crippen molar-refractivity contribution in [2.45, 2.75) is 59.8 Å². The Morgan fingerprint density at radius 2 is 1.00 bits per heavy atom. The zero-order valence-electron chi connectivity index (χ0n) is 8.54. The minimum absolute atomic E-state index is 0.559. The molecule has 0 bridgehead atoms. The summed E-state index contributed by atoms with van der Waals surface area (Å²) in [4.78, 5) is 0. The molecule has 0 N–H and O–H groups in total. The van der Waals surface area contributed by atoms with Gasteiger partial charge >= 0.3 is 0 Å². The van der Waals surface area contributed by atoms with Crippen LogP contribution in [0.25, 0.3) is 0 Å². The lowest BCUT2D eigenvalue weighted by Gasteiger charge is -2.40. The predicted molar refractivity (Wildman–Crippen MR) is 50.6 cm³/mol. The third kappa shape index (κ3) is 1.77. The molecule has 1 aliphatic carbocycles. The first-order chi connectivity index (χ1) is 4.96. The summed E-state index contributed by atoms with van der Waals surface area (Å²) < 4.78 is 0. The van der Waals surface area contributed by atoms with Gasteiger partial charge in [0.1, 0.15) is 0 Å². The molecule has 66 valence electrons. The quantitative estimate of drug-likeness (QED) is 0.463. The molecule has 0 heteroatoms. The maximum Gasteiger partial charge on any atom is -0.0303 e. The zero-order valence-corrected chi connectivity index (χ0v) is 8.54. The van der Waals surface area contributed by atoms with Gasteiger partial charge in [-0.15, -0.1) is 0 Å². The van der Waals surface area contributed by atoms with E-state index in [1.165, 1.54) is 32.1 Å². The molecule has 0 unspecified atom stereocenters. The molecule has 0 amide bonds. The van der Waals surface area contributed by atoms with Crippen molar-refractivity contribution in [1.29, 1.82) is 0 Å². The van der Waals surface area contributed by atoms with Crippen LogP contribution in [-0.2, 0) is 0 Å². The highest BCUT2D eigenvalue weighted by Gasteiger charge is 2.37. The van der Waals surface area contributed by atoms with Gasteiger partial charge in [0.05, 0.1) is 0 Å². The van der Waals surface area contributed by atoms with E-state index in [0.717, 1.165) is 0 Å². The lowest BCUT2D eigenvalue weighted by atomic mass is 9.65. The molecule has 0 aliphatic heterocycles. The summed E-state index contributed by atoms with van der Waals surface area (Å²) in [5.74, 6) is 0.